The maximum absolute atomic E-state index is 11.0. The van der Waals surface area contributed by atoms with Crippen molar-refractivity contribution in [2.45, 2.75) is 6.42 Å². The molecule has 0 saturated carbocycles. The summed E-state index contributed by atoms with van der Waals surface area (Å²) in [4.78, 5) is 22.2. The summed E-state index contributed by atoms with van der Waals surface area (Å²) < 4.78 is 26.9. The number of allylic oxidation sites excluding steroid dienone is 3. The first-order valence-electron chi connectivity index (χ1n) is 5.99. The maximum Gasteiger partial charge on any atom is 0.335 e. The van der Waals surface area contributed by atoms with Crippen LogP contribution in [0.5, 0.6) is 5.75 Å². The van der Waals surface area contributed by atoms with Crippen molar-refractivity contribution < 1.29 is 33.0 Å². The first-order chi connectivity index (χ1) is 10.4. The third-order valence-corrected chi connectivity index (χ3v) is 3.52. The van der Waals surface area contributed by atoms with E-state index in [4.69, 9.17) is 14.9 Å². The molecule has 0 spiro atoms. The van der Waals surface area contributed by atoms with Crippen LogP contribution in [0.25, 0.3) is 0 Å². The van der Waals surface area contributed by atoms with Crippen LogP contribution in [0.15, 0.2) is 42.2 Å². The van der Waals surface area contributed by atoms with E-state index in [9.17, 15) is 18.0 Å². The molecule has 1 aliphatic rings. The zero-order valence-electron chi connectivity index (χ0n) is 11.0. The molecule has 1 aromatic carbocycles. The first kappa shape index (κ1) is 15.5. The summed E-state index contributed by atoms with van der Waals surface area (Å²) in [6, 6.07) is 3.40. The highest BCUT2D eigenvalue weighted by atomic mass is 32.2. The Balaban J connectivity index is 2.31. The fraction of sp³-hybridized carbons (Fsp3) is 0.0714. The smallest absolute Gasteiger partial charge is 0.335 e. The van der Waals surface area contributed by atoms with Crippen LogP contribution in [0.2, 0.25) is 0 Å². The van der Waals surface area contributed by atoms with Crippen LogP contribution in [-0.2, 0) is 10.3 Å². The number of carboxylic acids is 2. The number of carboxylic acid groups (broad SMARTS) is 2. The fourth-order valence-electron chi connectivity index (χ4n) is 1.75. The van der Waals surface area contributed by atoms with Crippen molar-refractivity contribution in [3.05, 3.63) is 53.3 Å². The number of carbonyl (C=O) groups is 2. The fourth-order valence-corrected chi connectivity index (χ4v) is 2.15. The SMILES string of the molecule is O=C(O)c1cc(OC2=CCC(=S(=O)=O)C=C2)cc(C(=O)O)c1. The third-order valence-electron chi connectivity index (χ3n) is 2.79. The standard InChI is InChI=1S/C14H10O7S/c15-13(16)8-5-9(14(17)18)7-11(6-8)21-10-1-3-12(4-2-10)22(19)20/h1-3,5-7H,4H2,(H,15,16)(H,17,18). The zero-order chi connectivity index (χ0) is 16.3. The molecule has 1 aliphatic carbocycles. The van der Waals surface area contributed by atoms with E-state index in [1.54, 1.807) is 0 Å². The van der Waals surface area contributed by atoms with E-state index in [-0.39, 0.29) is 28.2 Å². The Morgan fingerprint density at radius 3 is 2.00 bits per heavy atom. The molecule has 0 unspecified atom stereocenters. The van der Waals surface area contributed by atoms with Gasteiger partial charge in [0, 0.05) is 6.42 Å². The summed E-state index contributed by atoms with van der Waals surface area (Å²) in [5, 5.41) is 17.9. The second-order valence-electron chi connectivity index (χ2n) is 4.30. The first-order valence-corrected chi connectivity index (χ1v) is 7.07. The minimum absolute atomic E-state index is 0.0416. The molecule has 7 nitrogen and oxygen atoms in total. The van der Waals surface area contributed by atoms with Crippen molar-refractivity contribution >= 4 is 27.1 Å². The molecule has 0 fully saturated rings. The van der Waals surface area contributed by atoms with Crippen LogP contribution in [-0.4, -0.2) is 35.4 Å². The van der Waals surface area contributed by atoms with Crippen LogP contribution in [0, 0.1) is 0 Å². The van der Waals surface area contributed by atoms with E-state index < -0.39 is 22.2 Å². The van der Waals surface area contributed by atoms with Gasteiger partial charge in [-0.1, -0.05) is 0 Å². The number of benzene rings is 1. The Kier molecular flexibility index (Phi) is 4.42. The van der Waals surface area contributed by atoms with E-state index >= 15 is 0 Å². The predicted octanol–water partition coefficient (Wildman–Crippen LogP) is 1.36. The second-order valence-corrected chi connectivity index (χ2v) is 5.30. The highest BCUT2D eigenvalue weighted by Gasteiger charge is 2.13. The van der Waals surface area contributed by atoms with E-state index in [2.05, 4.69) is 0 Å². The van der Waals surface area contributed by atoms with Crippen molar-refractivity contribution in [3.8, 4) is 5.75 Å². The molecule has 2 N–H and O–H groups in total. The summed E-state index contributed by atoms with van der Waals surface area (Å²) in [5.74, 6) is -2.22. The Labute approximate surface area is 126 Å². The van der Waals surface area contributed by atoms with Crippen LogP contribution in [0.4, 0.5) is 0 Å². The average Bonchev–Trinajstić information content (AvgIpc) is 2.47. The van der Waals surface area contributed by atoms with Gasteiger partial charge in [0.2, 0.25) is 10.3 Å². The summed E-state index contributed by atoms with van der Waals surface area (Å²) in [5.41, 5.74) is -0.439. The van der Waals surface area contributed by atoms with E-state index in [0.717, 1.165) is 6.07 Å². The molecule has 22 heavy (non-hydrogen) atoms. The van der Waals surface area contributed by atoms with E-state index in [1.165, 1.54) is 30.4 Å². The molecular formula is C14H10O7S. The molecule has 8 heteroatoms. The molecule has 0 aliphatic heterocycles. The molecule has 0 amide bonds. The van der Waals surface area contributed by atoms with Gasteiger partial charge in [-0.2, -0.15) is 8.42 Å². The summed E-state index contributed by atoms with van der Waals surface area (Å²) in [6.07, 6.45) is 4.41. The number of ether oxygens (including phenoxy) is 1. The van der Waals surface area contributed by atoms with Gasteiger partial charge in [-0.05, 0) is 36.4 Å². The van der Waals surface area contributed by atoms with Gasteiger partial charge in [-0.3, -0.25) is 0 Å². The molecular weight excluding hydrogens is 312 g/mol. The van der Waals surface area contributed by atoms with Crippen LogP contribution >= 0.6 is 0 Å². The summed E-state index contributed by atoms with van der Waals surface area (Å²) in [6.45, 7) is 0. The number of aromatic carboxylic acids is 2. The molecule has 0 bridgehead atoms. The molecule has 2 rings (SSSR count). The Bertz CT molecular complexity index is 804. The lowest BCUT2D eigenvalue weighted by molar-refractivity contribution is 0.0696. The van der Waals surface area contributed by atoms with Gasteiger partial charge in [0.15, 0.2) is 0 Å². The van der Waals surface area contributed by atoms with Crippen molar-refractivity contribution in [2.24, 2.45) is 0 Å². The van der Waals surface area contributed by atoms with Crippen molar-refractivity contribution in [1.29, 1.82) is 0 Å². The molecule has 1 aromatic rings. The van der Waals surface area contributed by atoms with Crippen molar-refractivity contribution in [2.75, 3.05) is 0 Å². The molecule has 0 atom stereocenters. The van der Waals surface area contributed by atoms with Crippen LogP contribution in [0.1, 0.15) is 27.1 Å². The Morgan fingerprint density at radius 2 is 1.59 bits per heavy atom. The minimum atomic E-state index is -2.31. The molecule has 0 aromatic heterocycles. The van der Waals surface area contributed by atoms with Gasteiger partial charge in [0.1, 0.15) is 11.5 Å². The highest BCUT2D eigenvalue weighted by molar-refractivity contribution is 7.73. The topological polar surface area (TPSA) is 118 Å². The number of rotatable bonds is 4. The van der Waals surface area contributed by atoms with Gasteiger partial charge < -0.3 is 14.9 Å². The summed E-state index contributed by atoms with van der Waals surface area (Å²) >= 11 is 0. The maximum atomic E-state index is 11.0. The molecule has 0 saturated heterocycles. The Morgan fingerprint density at radius 1 is 1.00 bits per heavy atom. The molecule has 0 radical (unpaired) electrons. The summed E-state index contributed by atoms with van der Waals surface area (Å²) in [7, 11) is -2.31. The lowest BCUT2D eigenvalue weighted by atomic mass is 10.1. The largest absolute Gasteiger partial charge is 0.478 e. The van der Waals surface area contributed by atoms with E-state index in [1.807, 2.05) is 0 Å². The Hall–Kier alpha value is -2.87. The predicted molar refractivity (Wildman–Crippen MR) is 76.8 cm³/mol. The van der Waals surface area contributed by atoms with Crippen LogP contribution in [0.3, 0.4) is 0 Å². The minimum Gasteiger partial charge on any atom is -0.478 e. The molecule has 0 heterocycles. The van der Waals surface area contributed by atoms with Crippen molar-refractivity contribution in [3.63, 3.8) is 0 Å². The quantitative estimate of drug-likeness (QED) is 0.803. The van der Waals surface area contributed by atoms with Crippen LogP contribution < -0.4 is 4.74 Å². The van der Waals surface area contributed by atoms with Gasteiger partial charge in [0.25, 0.3) is 0 Å². The van der Waals surface area contributed by atoms with E-state index in [0.29, 0.717) is 5.76 Å². The van der Waals surface area contributed by atoms with Gasteiger partial charge >= 0.3 is 11.9 Å². The number of hydrogen-bond donors (Lipinski definition) is 2. The average molecular weight is 322 g/mol. The third kappa shape index (κ3) is 3.61. The lowest BCUT2D eigenvalue weighted by Gasteiger charge is -2.11. The van der Waals surface area contributed by atoms with Gasteiger partial charge in [0.05, 0.1) is 16.0 Å². The van der Waals surface area contributed by atoms with Gasteiger partial charge in [-0.15, -0.1) is 0 Å². The zero-order valence-corrected chi connectivity index (χ0v) is 11.8. The number of hydrogen-bond acceptors (Lipinski definition) is 5. The second kappa shape index (κ2) is 6.27. The van der Waals surface area contributed by atoms with Gasteiger partial charge in [-0.25, -0.2) is 9.59 Å². The lowest BCUT2D eigenvalue weighted by Crippen LogP contribution is -2.06. The highest BCUT2D eigenvalue weighted by Crippen LogP contribution is 2.21. The van der Waals surface area contributed by atoms with Crippen molar-refractivity contribution in [1.82, 2.24) is 0 Å². The monoisotopic (exact) mass is 322 g/mol. The normalized spacial score (nSPS) is 13.5. The molecule has 114 valence electrons.